The minimum absolute atomic E-state index is 0.00859. The first-order valence-corrected chi connectivity index (χ1v) is 19.7. The molecule has 0 bridgehead atoms. The SMILES string of the molecule is COc1cc2ncnc(NCc3cccc(NC(=O)Nc4cc(C(F)(F)F)cc(C(F)(F)F)c4)c3)c2cc1OCCCCCCN1CCN(CCN2CCOCC2)CC1. The molecule has 59 heavy (non-hydrogen) atoms. The van der Waals surface area contributed by atoms with Crippen molar-refractivity contribution < 1.29 is 45.3 Å². The Balaban J connectivity index is 0.955. The van der Waals surface area contributed by atoms with Crippen LogP contribution in [0.25, 0.3) is 10.9 Å². The summed E-state index contributed by atoms with van der Waals surface area (Å²) in [5, 5.41) is 8.48. The van der Waals surface area contributed by atoms with Gasteiger partial charge in [-0.3, -0.25) is 9.80 Å². The van der Waals surface area contributed by atoms with Gasteiger partial charge in [0, 0.05) is 81.7 Å². The number of amides is 2. The second-order valence-electron chi connectivity index (χ2n) is 14.6. The Morgan fingerprint density at radius 1 is 0.729 bits per heavy atom. The van der Waals surface area contributed by atoms with Gasteiger partial charge in [-0.05, 0) is 61.3 Å². The van der Waals surface area contributed by atoms with E-state index in [1.54, 1.807) is 31.4 Å². The topological polar surface area (TPSA) is 116 Å². The number of fused-ring (bicyclic) bond motifs is 1. The molecule has 4 aromatic rings. The number of carbonyl (C=O) groups excluding carboxylic acids is 1. The minimum Gasteiger partial charge on any atom is -0.493 e. The van der Waals surface area contributed by atoms with Gasteiger partial charge < -0.3 is 35.1 Å². The Kier molecular flexibility index (Phi) is 15.1. The van der Waals surface area contributed by atoms with Gasteiger partial charge in [0.2, 0.25) is 0 Å². The molecule has 2 fully saturated rings. The predicted molar refractivity (Wildman–Crippen MR) is 213 cm³/mol. The minimum atomic E-state index is -5.05. The molecule has 0 aliphatic carbocycles. The molecule has 3 N–H and O–H groups in total. The molecule has 3 heterocycles. The zero-order valence-corrected chi connectivity index (χ0v) is 32.9. The van der Waals surface area contributed by atoms with Gasteiger partial charge in [0.1, 0.15) is 12.1 Å². The number of hydrogen-bond donors (Lipinski definition) is 3. The highest BCUT2D eigenvalue weighted by atomic mass is 19.4. The highest BCUT2D eigenvalue weighted by Crippen LogP contribution is 2.38. The molecule has 3 aromatic carbocycles. The lowest BCUT2D eigenvalue weighted by Crippen LogP contribution is -2.49. The Hall–Kier alpha value is -4.91. The molecule has 6 rings (SSSR count). The largest absolute Gasteiger partial charge is 0.493 e. The molecular weight excluding hydrogens is 782 g/mol. The third-order valence-electron chi connectivity index (χ3n) is 10.3. The molecule has 2 aliphatic rings. The predicted octanol–water partition coefficient (Wildman–Crippen LogP) is 7.82. The van der Waals surface area contributed by atoms with Crippen molar-refractivity contribution in [3.05, 3.63) is 77.6 Å². The van der Waals surface area contributed by atoms with Crippen LogP contribution in [0.2, 0.25) is 0 Å². The van der Waals surface area contributed by atoms with Gasteiger partial charge in [-0.15, -0.1) is 0 Å². The van der Waals surface area contributed by atoms with E-state index in [9.17, 15) is 31.1 Å². The zero-order chi connectivity index (χ0) is 41.8. The molecule has 2 saturated heterocycles. The fraction of sp³-hybridized carbons (Fsp3) is 0.488. The number of ether oxygens (including phenoxy) is 3. The average Bonchev–Trinajstić information content (AvgIpc) is 3.21. The maximum Gasteiger partial charge on any atom is 0.416 e. The first kappa shape index (κ1) is 43.7. The molecule has 0 radical (unpaired) electrons. The van der Waals surface area contributed by atoms with Crippen molar-refractivity contribution in [2.75, 3.05) is 102 Å². The van der Waals surface area contributed by atoms with E-state index < -0.39 is 35.2 Å². The number of halogens is 6. The van der Waals surface area contributed by atoms with E-state index in [2.05, 4.69) is 40.6 Å². The lowest BCUT2D eigenvalue weighted by molar-refractivity contribution is -0.143. The van der Waals surface area contributed by atoms with Crippen LogP contribution in [0, 0.1) is 0 Å². The van der Waals surface area contributed by atoms with E-state index in [-0.39, 0.29) is 18.3 Å². The Morgan fingerprint density at radius 3 is 2.05 bits per heavy atom. The number of rotatable bonds is 17. The van der Waals surface area contributed by atoms with Crippen molar-refractivity contribution in [2.45, 2.75) is 44.6 Å². The molecule has 12 nitrogen and oxygen atoms in total. The number of anilines is 3. The first-order valence-electron chi connectivity index (χ1n) is 19.7. The summed E-state index contributed by atoms with van der Waals surface area (Å²) >= 11 is 0. The molecule has 0 atom stereocenters. The summed E-state index contributed by atoms with van der Waals surface area (Å²) in [6, 6.07) is 10.0. The number of benzene rings is 3. The lowest BCUT2D eigenvalue weighted by atomic mass is 10.1. The van der Waals surface area contributed by atoms with E-state index >= 15 is 0 Å². The maximum atomic E-state index is 13.3. The molecule has 0 unspecified atom stereocenters. The van der Waals surface area contributed by atoms with Crippen molar-refractivity contribution in [3.8, 4) is 11.5 Å². The lowest BCUT2D eigenvalue weighted by Gasteiger charge is -2.36. The van der Waals surface area contributed by atoms with Crippen LogP contribution in [-0.4, -0.2) is 117 Å². The number of urea groups is 1. The fourth-order valence-corrected chi connectivity index (χ4v) is 7.06. The number of methoxy groups -OCH3 is 1. The number of unbranched alkanes of at least 4 members (excludes halogenated alkanes) is 3. The van der Waals surface area contributed by atoms with Gasteiger partial charge in [-0.2, -0.15) is 26.3 Å². The first-order chi connectivity index (χ1) is 28.3. The number of aromatic nitrogens is 2. The normalized spacial score (nSPS) is 15.9. The van der Waals surface area contributed by atoms with Crippen LogP contribution in [0.1, 0.15) is 42.4 Å². The highest BCUT2D eigenvalue weighted by molar-refractivity contribution is 6.00. The van der Waals surface area contributed by atoms with Crippen LogP contribution < -0.4 is 25.4 Å². The standard InChI is InChI=1S/C41H50F6N8O4/c1-57-36-26-35-34(25-37(36)59-18-5-3-2-4-9-53-10-12-54(13-11-53)14-15-55-16-19-58-20-17-55)38(50-28-49-35)48-27-29-7-6-8-32(21-29)51-39(56)52-33-23-30(40(42,43)44)22-31(24-33)41(45,46)47/h6-8,21-26,28H,2-5,9-20,27H2,1H3,(H,48,49,50)(H2,51,52,56). The highest BCUT2D eigenvalue weighted by Gasteiger charge is 2.37. The Morgan fingerprint density at radius 2 is 1.37 bits per heavy atom. The average molecular weight is 833 g/mol. The van der Waals surface area contributed by atoms with Crippen LogP contribution in [0.5, 0.6) is 11.5 Å². The molecular formula is C41H50F6N8O4. The Bertz CT molecular complexity index is 1960. The number of morpholine rings is 1. The van der Waals surface area contributed by atoms with Crippen molar-refractivity contribution in [3.63, 3.8) is 0 Å². The molecule has 320 valence electrons. The maximum absolute atomic E-state index is 13.3. The number of nitrogens with zero attached hydrogens (tertiary/aromatic N) is 5. The summed E-state index contributed by atoms with van der Waals surface area (Å²) in [5.74, 6) is 1.62. The van der Waals surface area contributed by atoms with Crippen LogP contribution in [0.3, 0.4) is 0 Å². The second-order valence-corrected chi connectivity index (χ2v) is 14.6. The Labute approximate surface area is 339 Å². The number of hydrogen-bond acceptors (Lipinski definition) is 10. The van der Waals surface area contributed by atoms with Crippen LogP contribution in [0.15, 0.2) is 60.9 Å². The number of nitrogens with one attached hydrogen (secondary N) is 3. The van der Waals surface area contributed by atoms with E-state index in [1.807, 2.05) is 6.07 Å². The van der Waals surface area contributed by atoms with E-state index in [1.165, 1.54) is 12.4 Å². The number of carbonyl (C=O) groups is 1. The third kappa shape index (κ3) is 13.0. The molecule has 2 aliphatic heterocycles. The summed E-state index contributed by atoms with van der Waals surface area (Å²) in [5.41, 5.74) is -2.17. The molecule has 2 amide bonds. The summed E-state index contributed by atoms with van der Waals surface area (Å²) in [6.45, 7) is 12.4. The van der Waals surface area contributed by atoms with Gasteiger partial charge in [0.15, 0.2) is 11.5 Å². The molecule has 18 heteroatoms. The fourth-order valence-electron chi connectivity index (χ4n) is 7.06. The summed E-state index contributed by atoms with van der Waals surface area (Å²) in [7, 11) is 1.57. The summed E-state index contributed by atoms with van der Waals surface area (Å²) in [6.07, 6.45) is -4.47. The third-order valence-corrected chi connectivity index (χ3v) is 10.3. The second kappa shape index (κ2) is 20.4. The summed E-state index contributed by atoms with van der Waals surface area (Å²) < 4.78 is 96.9. The van der Waals surface area contributed by atoms with Gasteiger partial charge in [-0.25, -0.2) is 14.8 Å². The van der Waals surface area contributed by atoms with Crippen molar-refractivity contribution >= 4 is 34.1 Å². The van der Waals surface area contributed by atoms with Crippen molar-refractivity contribution in [2.24, 2.45) is 0 Å². The van der Waals surface area contributed by atoms with Crippen LogP contribution in [0.4, 0.5) is 48.3 Å². The van der Waals surface area contributed by atoms with E-state index in [0.29, 0.717) is 52.5 Å². The number of piperazine rings is 1. The van der Waals surface area contributed by atoms with Crippen LogP contribution >= 0.6 is 0 Å². The quantitative estimate of drug-likeness (QED) is 0.0719. The monoisotopic (exact) mass is 832 g/mol. The van der Waals surface area contributed by atoms with Crippen molar-refractivity contribution in [1.82, 2.24) is 24.7 Å². The zero-order valence-electron chi connectivity index (χ0n) is 32.9. The molecule has 0 spiro atoms. The van der Waals surface area contributed by atoms with E-state index in [0.717, 1.165) is 97.8 Å². The van der Waals surface area contributed by atoms with E-state index in [4.69, 9.17) is 14.2 Å². The summed E-state index contributed by atoms with van der Waals surface area (Å²) in [4.78, 5) is 29.1. The molecule has 1 aromatic heterocycles. The van der Waals surface area contributed by atoms with Gasteiger partial charge >= 0.3 is 18.4 Å². The van der Waals surface area contributed by atoms with Gasteiger partial charge in [0.25, 0.3) is 0 Å². The van der Waals surface area contributed by atoms with Gasteiger partial charge in [0.05, 0.1) is 43.6 Å². The molecule has 0 saturated carbocycles. The number of alkyl halides is 6. The van der Waals surface area contributed by atoms with Gasteiger partial charge in [-0.1, -0.05) is 25.0 Å². The smallest absolute Gasteiger partial charge is 0.416 e. The van der Waals surface area contributed by atoms with Crippen molar-refractivity contribution in [1.29, 1.82) is 0 Å². The van der Waals surface area contributed by atoms with Crippen LogP contribution in [-0.2, 0) is 23.6 Å².